The van der Waals surface area contributed by atoms with Crippen LogP contribution < -0.4 is 10.6 Å². The first-order valence-corrected chi connectivity index (χ1v) is 8.34. The molecule has 0 aromatic rings. The maximum absolute atomic E-state index is 11.7. The van der Waals surface area contributed by atoms with Crippen molar-refractivity contribution in [3.05, 3.63) is 0 Å². The fourth-order valence-corrected chi connectivity index (χ4v) is 3.89. The van der Waals surface area contributed by atoms with Gasteiger partial charge >= 0.3 is 0 Å². The Morgan fingerprint density at radius 3 is 2.65 bits per heavy atom. The third kappa shape index (κ3) is 3.34. The van der Waals surface area contributed by atoms with Crippen LogP contribution in [0.25, 0.3) is 0 Å². The van der Waals surface area contributed by atoms with Gasteiger partial charge in [0.2, 0.25) is 5.91 Å². The summed E-state index contributed by atoms with van der Waals surface area (Å²) in [5, 5.41) is 6.42. The van der Waals surface area contributed by atoms with Crippen molar-refractivity contribution < 1.29 is 9.53 Å². The van der Waals surface area contributed by atoms with Gasteiger partial charge in [0.15, 0.2) is 0 Å². The molecule has 2 saturated carbocycles. The Hall–Kier alpha value is -0.610. The van der Waals surface area contributed by atoms with Gasteiger partial charge in [0.05, 0.1) is 12.6 Å². The first kappa shape index (κ1) is 15.8. The molecule has 2 N–H and O–H groups in total. The van der Waals surface area contributed by atoms with Crippen molar-refractivity contribution >= 4 is 5.91 Å². The van der Waals surface area contributed by atoms with Crippen molar-refractivity contribution in [2.75, 3.05) is 19.7 Å². The lowest BCUT2D eigenvalue weighted by Crippen LogP contribution is -2.65. The molecule has 2 atom stereocenters. The average Bonchev–Trinajstić information content (AvgIpc) is 2.48. The Balaban J connectivity index is 1.83. The molecule has 2 aliphatic carbocycles. The quantitative estimate of drug-likeness (QED) is 0.753. The average molecular weight is 282 g/mol. The van der Waals surface area contributed by atoms with Gasteiger partial charge in [-0.2, -0.15) is 0 Å². The van der Waals surface area contributed by atoms with Gasteiger partial charge in [0.1, 0.15) is 0 Å². The molecule has 0 radical (unpaired) electrons. The standard InChI is InChI=1S/C16H30N2O2/c1-3-10-17-15(19)12-18-13-11-14(20-4-2)16(13)8-6-5-7-9-16/h13-14,18H,3-12H2,1-2H3,(H,17,19). The molecular formula is C16H30N2O2. The van der Waals surface area contributed by atoms with Crippen LogP contribution in [0.15, 0.2) is 0 Å². The fourth-order valence-electron chi connectivity index (χ4n) is 3.89. The molecule has 2 fully saturated rings. The molecule has 2 rings (SSSR count). The molecule has 2 aliphatic rings. The lowest BCUT2D eigenvalue weighted by Gasteiger charge is -2.58. The first-order chi connectivity index (χ1) is 9.73. The van der Waals surface area contributed by atoms with Gasteiger partial charge in [0, 0.05) is 24.6 Å². The molecular weight excluding hydrogens is 252 g/mol. The van der Waals surface area contributed by atoms with E-state index in [1.54, 1.807) is 0 Å². The van der Waals surface area contributed by atoms with Gasteiger partial charge in [-0.15, -0.1) is 0 Å². The second-order valence-electron chi connectivity index (χ2n) is 6.26. The van der Waals surface area contributed by atoms with Crippen molar-refractivity contribution in [3.8, 4) is 0 Å². The monoisotopic (exact) mass is 282 g/mol. The third-order valence-corrected chi connectivity index (χ3v) is 5.02. The maximum atomic E-state index is 11.7. The summed E-state index contributed by atoms with van der Waals surface area (Å²) in [7, 11) is 0. The summed E-state index contributed by atoms with van der Waals surface area (Å²) < 4.78 is 5.93. The largest absolute Gasteiger partial charge is 0.378 e. The molecule has 116 valence electrons. The van der Waals surface area contributed by atoms with E-state index in [0.29, 0.717) is 24.1 Å². The molecule has 0 saturated heterocycles. The van der Waals surface area contributed by atoms with Crippen LogP contribution in [0.3, 0.4) is 0 Å². The Morgan fingerprint density at radius 1 is 1.25 bits per heavy atom. The van der Waals surface area contributed by atoms with E-state index in [1.807, 2.05) is 0 Å². The Bertz CT molecular complexity index is 314. The van der Waals surface area contributed by atoms with Gasteiger partial charge < -0.3 is 15.4 Å². The number of rotatable bonds is 7. The van der Waals surface area contributed by atoms with Gasteiger partial charge in [0.25, 0.3) is 0 Å². The fraction of sp³-hybridized carbons (Fsp3) is 0.938. The van der Waals surface area contributed by atoms with Crippen molar-refractivity contribution in [2.24, 2.45) is 5.41 Å². The molecule has 0 aliphatic heterocycles. The number of hydrogen-bond acceptors (Lipinski definition) is 3. The second-order valence-corrected chi connectivity index (χ2v) is 6.26. The number of nitrogens with one attached hydrogen (secondary N) is 2. The minimum Gasteiger partial charge on any atom is -0.378 e. The van der Waals surface area contributed by atoms with E-state index in [-0.39, 0.29) is 5.91 Å². The smallest absolute Gasteiger partial charge is 0.233 e. The van der Waals surface area contributed by atoms with Crippen molar-refractivity contribution in [3.63, 3.8) is 0 Å². The van der Waals surface area contributed by atoms with E-state index in [9.17, 15) is 4.79 Å². The van der Waals surface area contributed by atoms with E-state index in [2.05, 4.69) is 24.5 Å². The summed E-state index contributed by atoms with van der Waals surface area (Å²) in [6.07, 6.45) is 8.94. The van der Waals surface area contributed by atoms with Crippen LogP contribution in [0.4, 0.5) is 0 Å². The molecule has 1 amide bonds. The highest BCUT2D eigenvalue weighted by Gasteiger charge is 2.55. The summed E-state index contributed by atoms with van der Waals surface area (Å²) in [6, 6.07) is 0.465. The molecule has 4 heteroatoms. The number of carbonyl (C=O) groups is 1. The molecule has 20 heavy (non-hydrogen) atoms. The summed E-state index contributed by atoms with van der Waals surface area (Å²) in [5.74, 6) is 0.123. The van der Waals surface area contributed by atoms with Crippen LogP contribution in [-0.4, -0.2) is 37.7 Å². The van der Waals surface area contributed by atoms with Crippen molar-refractivity contribution in [1.29, 1.82) is 0 Å². The molecule has 2 unspecified atom stereocenters. The highest BCUT2D eigenvalue weighted by Crippen LogP contribution is 2.53. The van der Waals surface area contributed by atoms with Crippen LogP contribution in [-0.2, 0) is 9.53 Å². The SMILES string of the molecule is CCCNC(=O)CNC1CC(OCC)C12CCCCC2. The summed E-state index contributed by atoms with van der Waals surface area (Å²) in [5.41, 5.74) is 0.305. The Labute approximate surface area is 123 Å². The number of amides is 1. The van der Waals surface area contributed by atoms with Crippen LogP contribution in [0.1, 0.15) is 58.8 Å². The number of hydrogen-bond donors (Lipinski definition) is 2. The lowest BCUT2D eigenvalue weighted by molar-refractivity contribution is -0.151. The van der Waals surface area contributed by atoms with Gasteiger partial charge in [-0.25, -0.2) is 0 Å². The minimum absolute atomic E-state index is 0.123. The minimum atomic E-state index is 0.123. The third-order valence-electron chi connectivity index (χ3n) is 5.02. The zero-order valence-corrected chi connectivity index (χ0v) is 13.0. The van der Waals surface area contributed by atoms with Crippen molar-refractivity contribution in [2.45, 2.75) is 70.9 Å². The summed E-state index contributed by atoms with van der Waals surface area (Å²) in [4.78, 5) is 11.7. The molecule has 4 nitrogen and oxygen atoms in total. The van der Waals surface area contributed by atoms with E-state index in [4.69, 9.17) is 4.74 Å². The van der Waals surface area contributed by atoms with Crippen LogP contribution in [0.5, 0.6) is 0 Å². The summed E-state index contributed by atoms with van der Waals surface area (Å²) >= 11 is 0. The van der Waals surface area contributed by atoms with Crippen LogP contribution in [0, 0.1) is 5.41 Å². The molecule has 1 spiro atoms. The summed E-state index contributed by atoms with van der Waals surface area (Å²) in [6.45, 7) is 6.18. The van der Waals surface area contributed by atoms with E-state index >= 15 is 0 Å². The molecule has 0 heterocycles. The van der Waals surface area contributed by atoms with Gasteiger partial charge in [-0.1, -0.05) is 26.2 Å². The zero-order valence-electron chi connectivity index (χ0n) is 13.0. The van der Waals surface area contributed by atoms with Crippen LogP contribution >= 0.6 is 0 Å². The lowest BCUT2D eigenvalue weighted by atomic mass is 9.55. The normalized spacial score (nSPS) is 28.1. The molecule has 0 aromatic heterocycles. The highest BCUT2D eigenvalue weighted by molar-refractivity contribution is 5.78. The van der Waals surface area contributed by atoms with Crippen LogP contribution in [0.2, 0.25) is 0 Å². The first-order valence-electron chi connectivity index (χ1n) is 8.34. The topological polar surface area (TPSA) is 50.4 Å². The second kappa shape index (κ2) is 7.41. The number of carbonyl (C=O) groups excluding carboxylic acids is 1. The van der Waals surface area contributed by atoms with E-state index in [1.165, 1.54) is 32.1 Å². The molecule has 0 aromatic carbocycles. The predicted molar refractivity (Wildman–Crippen MR) is 80.6 cm³/mol. The Kier molecular flexibility index (Phi) is 5.85. The van der Waals surface area contributed by atoms with Gasteiger partial charge in [-0.05, 0) is 32.6 Å². The predicted octanol–water partition coefficient (Wildman–Crippen LogP) is 2.23. The van der Waals surface area contributed by atoms with E-state index in [0.717, 1.165) is 26.0 Å². The zero-order chi connectivity index (χ0) is 14.4. The molecule has 0 bridgehead atoms. The van der Waals surface area contributed by atoms with Gasteiger partial charge in [-0.3, -0.25) is 4.79 Å². The Morgan fingerprint density at radius 2 is 2.00 bits per heavy atom. The van der Waals surface area contributed by atoms with Crippen molar-refractivity contribution in [1.82, 2.24) is 10.6 Å². The van der Waals surface area contributed by atoms with E-state index < -0.39 is 0 Å². The highest BCUT2D eigenvalue weighted by atomic mass is 16.5. The maximum Gasteiger partial charge on any atom is 0.233 e. The number of ether oxygens (including phenoxy) is 1.